The minimum absolute atomic E-state index is 0.583. The third-order valence-corrected chi connectivity index (χ3v) is 4.45. The first-order chi connectivity index (χ1) is 9.78. The van der Waals surface area contributed by atoms with Gasteiger partial charge in [0.15, 0.2) is 0 Å². The Morgan fingerprint density at radius 3 is 2.80 bits per heavy atom. The number of nitrogens with one attached hydrogen (secondary N) is 1. The summed E-state index contributed by atoms with van der Waals surface area (Å²) in [5.41, 5.74) is 3.21. The summed E-state index contributed by atoms with van der Waals surface area (Å²) in [5.74, 6) is 0.836. The van der Waals surface area contributed by atoms with Crippen molar-refractivity contribution in [1.29, 1.82) is 5.26 Å². The zero-order valence-corrected chi connectivity index (χ0v) is 12.2. The molecule has 0 spiro atoms. The molecule has 1 heterocycles. The summed E-state index contributed by atoms with van der Waals surface area (Å²) in [6, 6.07) is 9.02. The lowest BCUT2D eigenvalue weighted by Crippen LogP contribution is -2.39. The van der Waals surface area contributed by atoms with Crippen molar-refractivity contribution < 1.29 is 0 Å². The zero-order valence-electron chi connectivity index (χ0n) is 12.2. The molecule has 1 atom stereocenters. The average Bonchev–Trinajstić information content (AvgIpc) is 3.11. The highest BCUT2D eigenvalue weighted by molar-refractivity contribution is 5.64. The summed E-state index contributed by atoms with van der Waals surface area (Å²) in [4.78, 5) is 2.47. The van der Waals surface area contributed by atoms with Gasteiger partial charge in [0.25, 0.3) is 0 Å². The summed E-state index contributed by atoms with van der Waals surface area (Å²) in [6.07, 6.45) is 5.24. The third kappa shape index (κ3) is 2.96. The maximum absolute atomic E-state index is 9.41. The van der Waals surface area contributed by atoms with Gasteiger partial charge in [0.2, 0.25) is 0 Å². The second-order valence-electron chi connectivity index (χ2n) is 6.22. The predicted octanol–water partition coefficient (Wildman–Crippen LogP) is 2.84. The lowest BCUT2D eigenvalue weighted by Gasteiger charge is -2.30. The van der Waals surface area contributed by atoms with Crippen LogP contribution in [-0.4, -0.2) is 25.7 Å². The summed E-state index contributed by atoms with van der Waals surface area (Å²) >= 11 is 0. The number of hydrogen-bond acceptors (Lipinski definition) is 3. The minimum Gasteiger partial charge on any atom is -0.368 e. The standard InChI is InChI=1S/C17H23N3/c1-13-4-2-5-15(10-18)17(13)20(11-14-7-8-14)12-16-6-3-9-19-16/h2,4-5,14,16,19H,3,6-9,11-12H2,1H3. The molecule has 1 aromatic rings. The van der Waals surface area contributed by atoms with Crippen molar-refractivity contribution >= 4 is 5.69 Å². The molecule has 0 amide bonds. The monoisotopic (exact) mass is 269 g/mol. The molecule has 3 nitrogen and oxygen atoms in total. The molecule has 1 saturated carbocycles. The van der Waals surface area contributed by atoms with E-state index in [0.717, 1.165) is 36.8 Å². The Bertz CT molecular complexity index is 507. The van der Waals surface area contributed by atoms with Crippen LogP contribution in [0.3, 0.4) is 0 Å². The molecule has 106 valence electrons. The number of hydrogen-bond donors (Lipinski definition) is 1. The highest BCUT2D eigenvalue weighted by Gasteiger charge is 2.28. The molecule has 0 aromatic heterocycles. The molecule has 2 aliphatic rings. The van der Waals surface area contributed by atoms with Gasteiger partial charge in [0.05, 0.1) is 11.3 Å². The van der Waals surface area contributed by atoms with E-state index in [2.05, 4.69) is 29.3 Å². The van der Waals surface area contributed by atoms with Crippen molar-refractivity contribution in [2.75, 3.05) is 24.5 Å². The van der Waals surface area contributed by atoms with Gasteiger partial charge in [-0.15, -0.1) is 0 Å². The highest BCUT2D eigenvalue weighted by Crippen LogP contribution is 2.34. The normalized spacial score (nSPS) is 21.7. The Kier molecular flexibility index (Phi) is 3.93. The van der Waals surface area contributed by atoms with Crippen LogP contribution in [0.15, 0.2) is 18.2 Å². The third-order valence-electron chi connectivity index (χ3n) is 4.45. The maximum atomic E-state index is 9.41. The fourth-order valence-electron chi connectivity index (χ4n) is 3.22. The first-order valence-electron chi connectivity index (χ1n) is 7.76. The number of rotatable bonds is 5. The van der Waals surface area contributed by atoms with Crippen molar-refractivity contribution in [3.63, 3.8) is 0 Å². The van der Waals surface area contributed by atoms with Gasteiger partial charge in [0, 0.05) is 19.1 Å². The molecule has 1 aliphatic carbocycles. The molecule has 3 rings (SSSR count). The van der Waals surface area contributed by atoms with Crippen LogP contribution >= 0.6 is 0 Å². The Morgan fingerprint density at radius 1 is 1.30 bits per heavy atom. The lowest BCUT2D eigenvalue weighted by atomic mass is 10.1. The second kappa shape index (κ2) is 5.85. The van der Waals surface area contributed by atoms with Crippen LogP contribution in [0.5, 0.6) is 0 Å². The number of nitrogens with zero attached hydrogens (tertiary/aromatic N) is 2. The van der Waals surface area contributed by atoms with Crippen LogP contribution in [0.25, 0.3) is 0 Å². The molecule has 1 saturated heterocycles. The van der Waals surface area contributed by atoms with Gasteiger partial charge < -0.3 is 10.2 Å². The van der Waals surface area contributed by atoms with Gasteiger partial charge in [-0.25, -0.2) is 0 Å². The molecule has 0 bridgehead atoms. The number of anilines is 1. The van der Waals surface area contributed by atoms with Gasteiger partial charge in [-0.1, -0.05) is 12.1 Å². The molecule has 1 aliphatic heterocycles. The van der Waals surface area contributed by atoms with E-state index in [1.807, 2.05) is 12.1 Å². The summed E-state index contributed by atoms with van der Waals surface area (Å²) < 4.78 is 0. The van der Waals surface area contributed by atoms with Crippen molar-refractivity contribution in [3.8, 4) is 6.07 Å². The first-order valence-corrected chi connectivity index (χ1v) is 7.76. The molecule has 2 fully saturated rings. The Hall–Kier alpha value is -1.53. The van der Waals surface area contributed by atoms with Crippen molar-refractivity contribution in [1.82, 2.24) is 5.32 Å². The van der Waals surface area contributed by atoms with E-state index >= 15 is 0 Å². The van der Waals surface area contributed by atoms with Crippen LogP contribution < -0.4 is 10.2 Å². The summed E-state index contributed by atoms with van der Waals surface area (Å²) in [7, 11) is 0. The van der Waals surface area contributed by atoms with Crippen LogP contribution in [0, 0.1) is 24.2 Å². The smallest absolute Gasteiger partial charge is 0.101 e. The predicted molar refractivity (Wildman–Crippen MR) is 81.9 cm³/mol. The largest absolute Gasteiger partial charge is 0.368 e. The second-order valence-corrected chi connectivity index (χ2v) is 6.22. The average molecular weight is 269 g/mol. The molecular weight excluding hydrogens is 246 g/mol. The highest BCUT2D eigenvalue weighted by atomic mass is 15.2. The Morgan fingerprint density at radius 2 is 2.15 bits per heavy atom. The van der Waals surface area contributed by atoms with Gasteiger partial charge in [-0.2, -0.15) is 5.26 Å². The van der Waals surface area contributed by atoms with E-state index in [1.165, 1.54) is 31.2 Å². The molecule has 1 unspecified atom stereocenters. The molecule has 1 aromatic carbocycles. The van der Waals surface area contributed by atoms with E-state index in [-0.39, 0.29) is 0 Å². The molecular formula is C17H23N3. The van der Waals surface area contributed by atoms with E-state index in [4.69, 9.17) is 0 Å². The van der Waals surface area contributed by atoms with Crippen LogP contribution in [0.4, 0.5) is 5.69 Å². The molecule has 3 heteroatoms. The number of nitriles is 1. The molecule has 20 heavy (non-hydrogen) atoms. The molecule has 1 N–H and O–H groups in total. The van der Waals surface area contributed by atoms with Gasteiger partial charge in [0.1, 0.15) is 6.07 Å². The topological polar surface area (TPSA) is 39.1 Å². The van der Waals surface area contributed by atoms with Crippen LogP contribution in [0.1, 0.15) is 36.8 Å². The lowest BCUT2D eigenvalue weighted by molar-refractivity contribution is 0.569. The van der Waals surface area contributed by atoms with Crippen molar-refractivity contribution in [2.45, 2.75) is 38.6 Å². The molecule has 0 radical (unpaired) electrons. The maximum Gasteiger partial charge on any atom is 0.101 e. The van der Waals surface area contributed by atoms with Crippen LogP contribution in [-0.2, 0) is 0 Å². The van der Waals surface area contributed by atoms with Crippen molar-refractivity contribution in [3.05, 3.63) is 29.3 Å². The quantitative estimate of drug-likeness (QED) is 0.893. The van der Waals surface area contributed by atoms with E-state index < -0.39 is 0 Å². The number of para-hydroxylation sites is 1. The first kappa shape index (κ1) is 13.5. The zero-order chi connectivity index (χ0) is 13.9. The number of benzene rings is 1. The Labute approximate surface area is 121 Å². The SMILES string of the molecule is Cc1cccc(C#N)c1N(CC1CC1)CC1CCCN1. The summed E-state index contributed by atoms with van der Waals surface area (Å²) in [6.45, 7) is 5.41. The van der Waals surface area contributed by atoms with Gasteiger partial charge in [-0.05, 0) is 56.7 Å². The fourth-order valence-corrected chi connectivity index (χ4v) is 3.22. The number of aryl methyl sites for hydroxylation is 1. The van der Waals surface area contributed by atoms with E-state index in [1.54, 1.807) is 0 Å². The van der Waals surface area contributed by atoms with Crippen LogP contribution in [0.2, 0.25) is 0 Å². The van der Waals surface area contributed by atoms with Gasteiger partial charge >= 0.3 is 0 Å². The van der Waals surface area contributed by atoms with E-state index in [0.29, 0.717) is 6.04 Å². The van der Waals surface area contributed by atoms with E-state index in [9.17, 15) is 5.26 Å². The Balaban J connectivity index is 1.85. The fraction of sp³-hybridized carbons (Fsp3) is 0.588. The minimum atomic E-state index is 0.583. The van der Waals surface area contributed by atoms with Crippen molar-refractivity contribution in [2.24, 2.45) is 5.92 Å². The summed E-state index contributed by atoms with van der Waals surface area (Å²) in [5, 5.41) is 13.0. The van der Waals surface area contributed by atoms with Gasteiger partial charge in [-0.3, -0.25) is 0 Å².